The number of amides is 1. The van der Waals surface area contributed by atoms with Crippen LogP contribution in [0.4, 0.5) is 4.79 Å². The molecule has 2 unspecified atom stereocenters. The molecular formula is C10H15NO4S3. The monoisotopic (exact) mass is 309 g/mol. The molecule has 0 radical (unpaired) electrons. The van der Waals surface area contributed by atoms with Crippen LogP contribution in [0.25, 0.3) is 0 Å². The molecular weight excluding hydrogens is 294 g/mol. The van der Waals surface area contributed by atoms with E-state index in [9.17, 15) is 14.4 Å². The quantitative estimate of drug-likeness (QED) is 0.598. The van der Waals surface area contributed by atoms with Crippen LogP contribution in [0.1, 0.15) is 19.8 Å². The van der Waals surface area contributed by atoms with Gasteiger partial charge < -0.3 is 10.0 Å². The number of nitrogens with zero attached hydrogens (tertiary/aromatic N) is 1. The minimum Gasteiger partial charge on any atom is -0.480 e. The molecule has 1 amide bonds. The third-order valence-corrected chi connectivity index (χ3v) is 5.45. The van der Waals surface area contributed by atoms with Crippen LogP contribution in [0, 0.1) is 5.92 Å². The van der Waals surface area contributed by atoms with Crippen molar-refractivity contribution in [3.8, 4) is 0 Å². The van der Waals surface area contributed by atoms with Gasteiger partial charge in [0.15, 0.2) is 0 Å². The van der Waals surface area contributed by atoms with E-state index in [0.717, 1.165) is 17.2 Å². The highest BCUT2D eigenvalue weighted by atomic mass is 33.1. The van der Waals surface area contributed by atoms with Gasteiger partial charge in [-0.05, 0) is 23.6 Å². The number of carbonyl (C=O) groups excluding carboxylic acids is 2. The molecule has 1 saturated heterocycles. The van der Waals surface area contributed by atoms with Crippen molar-refractivity contribution in [1.82, 2.24) is 4.90 Å². The molecule has 102 valence electrons. The Bertz CT molecular complexity index is 350. The average molecular weight is 309 g/mol. The van der Waals surface area contributed by atoms with Gasteiger partial charge >= 0.3 is 5.97 Å². The first-order chi connectivity index (χ1) is 8.43. The molecule has 5 nitrogen and oxygen atoms in total. The molecule has 1 aliphatic heterocycles. The second-order valence-corrected chi connectivity index (χ2v) is 7.09. The van der Waals surface area contributed by atoms with Crippen molar-refractivity contribution in [2.45, 2.75) is 25.8 Å². The Hall–Kier alpha value is -0.340. The second kappa shape index (κ2) is 7.30. The fraction of sp³-hybridized carbons (Fsp3) is 0.700. The summed E-state index contributed by atoms with van der Waals surface area (Å²) in [5.41, 5.74) is 0. The molecule has 0 bridgehead atoms. The predicted molar refractivity (Wildman–Crippen MR) is 76.0 cm³/mol. The zero-order valence-corrected chi connectivity index (χ0v) is 12.4. The molecule has 1 N–H and O–H groups in total. The predicted octanol–water partition coefficient (Wildman–Crippen LogP) is 2.13. The van der Waals surface area contributed by atoms with Gasteiger partial charge in [-0.2, -0.15) is 0 Å². The summed E-state index contributed by atoms with van der Waals surface area (Å²) in [4.78, 5) is 35.1. The lowest BCUT2D eigenvalue weighted by atomic mass is 10.1. The van der Waals surface area contributed by atoms with Crippen LogP contribution < -0.4 is 0 Å². The van der Waals surface area contributed by atoms with Gasteiger partial charge in [-0.15, -0.1) is 0 Å². The fourth-order valence-electron chi connectivity index (χ4n) is 1.83. The molecule has 8 heteroatoms. The van der Waals surface area contributed by atoms with E-state index in [2.05, 4.69) is 12.6 Å². The average Bonchev–Trinajstić information content (AvgIpc) is 2.76. The van der Waals surface area contributed by atoms with E-state index in [1.165, 1.54) is 15.7 Å². The van der Waals surface area contributed by atoms with Gasteiger partial charge in [-0.3, -0.25) is 9.59 Å². The molecule has 0 aromatic heterocycles. The van der Waals surface area contributed by atoms with Crippen molar-refractivity contribution in [3.63, 3.8) is 0 Å². The van der Waals surface area contributed by atoms with Crippen LogP contribution >= 0.6 is 34.2 Å². The van der Waals surface area contributed by atoms with Gasteiger partial charge in [0.25, 0.3) is 4.45 Å². The van der Waals surface area contributed by atoms with Crippen LogP contribution in [0.15, 0.2) is 0 Å². The standard InChI is InChI=1S/C10H15NO4S3/c1-6(5-17-18-10(15)16)8(12)11-4-2-3-7(11)9(13)14/h6-7H,2-5H2,1H3,(H,13,14)(H,15,16). The summed E-state index contributed by atoms with van der Waals surface area (Å²) in [5, 5.41) is 9.01. The number of carboxylic acids is 1. The van der Waals surface area contributed by atoms with Crippen molar-refractivity contribution in [1.29, 1.82) is 0 Å². The largest absolute Gasteiger partial charge is 0.480 e. The third kappa shape index (κ3) is 4.40. The van der Waals surface area contributed by atoms with Crippen molar-refractivity contribution < 1.29 is 19.5 Å². The zero-order chi connectivity index (χ0) is 13.7. The molecule has 2 atom stereocenters. The van der Waals surface area contributed by atoms with Gasteiger partial charge in [0.05, 0.1) is 0 Å². The Morgan fingerprint density at radius 3 is 2.72 bits per heavy atom. The molecule has 0 aliphatic carbocycles. The number of carbonyl (C=O) groups is 3. The second-order valence-electron chi connectivity index (χ2n) is 4.06. The molecule has 0 spiro atoms. The molecule has 0 saturated carbocycles. The molecule has 18 heavy (non-hydrogen) atoms. The maximum absolute atomic E-state index is 12.1. The first-order valence-electron chi connectivity index (χ1n) is 5.49. The fourth-order valence-corrected chi connectivity index (χ4v) is 3.94. The highest BCUT2D eigenvalue weighted by Gasteiger charge is 2.35. The topological polar surface area (TPSA) is 74.7 Å². The van der Waals surface area contributed by atoms with Gasteiger partial charge in [0, 0.05) is 18.2 Å². The van der Waals surface area contributed by atoms with Gasteiger partial charge in [-0.1, -0.05) is 30.3 Å². The number of thiol groups is 1. The Morgan fingerprint density at radius 1 is 1.50 bits per heavy atom. The zero-order valence-electron chi connectivity index (χ0n) is 9.87. The molecule has 1 fully saturated rings. The Morgan fingerprint density at radius 2 is 2.17 bits per heavy atom. The lowest BCUT2D eigenvalue weighted by Gasteiger charge is -2.24. The lowest BCUT2D eigenvalue weighted by molar-refractivity contribution is -0.149. The number of likely N-dealkylation sites (tertiary alicyclic amines) is 1. The number of carboxylic acid groups (broad SMARTS) is 1. The smallest absolute Gasteiger partial charge is 0.326 e. The van der Waals surface area contributed by atoms with Crippen LogP contribution in [0.5, 0.6) is 0 Å². The van der Waals surface area contributed by atoms with Crippen LogP contribution in [-0.4, -0.2) is 44.7 Å². The highest BCUT2D eigenvalue weighted by molar-refractivity contribution is 8.85. The normalized spacial score (nSPS) is 20.8. The molecule has 1 rings (SSSR count). The lowest BCUT2D eigenvalue weighted by Crippen LogP contribution is -2.43. The van der Waals surface area contributed by atoms with Crippen molar-refractivity contribution in [3.05, 3.63) is 0 Å². The van der Waals surface area contributed by atoms with E-state index in [-0.39, 0.29) is 16.3 Å². The van der Waals surface area contributed by atoms with E-state index >= 15 is 0 Å². The third-order valence-electron chi connectivity index (χ3n) is 2.69. The summed E-state index contributed by atoms with van der Waals surface area (Å²) in [5.74, 6) is -0.922. The van der Waals surface area contributed by atoms with E-state index in [0.29, 0.717) is 18.7 Å². The van der Waals surface area contributed by atoms with Crippen LogP contribution in [-0.2, 0) is 9.59 Å². The Labute approximate surface area is 119 Å². The Kier molecular flexibility index (Phi) is 6.37. The van der Waals surface area contributed by atoms with E-state index in [4.69, 9.17) is 5.11 Å². The van der Waals surface area contributed by atoms with E-state index in [1.54, 1.807) is 6.92 Å². The maximum Gasteiger partial charge on any atom is 0.326 e. The summed E-state index contributed by atoms with van der Waals surface area (Å²) in [6.45, 7) is 2.25. The summed E-state index contributed by atoms with van der Waals surface area (Å²) < 4.78 is -0.302. The maximum atomic E-state index is 12.1. The minimum atomic E-state index is -0.944. The molecule has 1 aliphatic rings. The number of rotatable bonds is 5. The van der Waals surface area contributed by atoms with Gasteiger partial charge in [0.2, 0.25) is 5.91 Å². The first kappa shape index (κ1) is 15.7. The summed E-state index contributed by atoms with van der Waals surface area (Å²) >= 11 is 3.61. The Balaban J connectivity index is 2.47. The van der Waals surface area contributed by atoms with Crippen molar-refractivity contribution >= 4 is 50.5 Å². The first-order valence-corrected chi connectivity index (χ1v) is 8.25. The molecule has 0 aromatic rings. The van der Waals surface area contributed by atoms with Gasteiger partial charge in [-0.25, -0.2) is 4.79 Å². The van der Waals surface area contributed by atoms with Crippen molar-refractivity contribution in [2.24, 2.45) is 5.92 Å². The summed E-state index contributed by atoms with van der Waals surface area (Å²) in [6, 6.07) is -0.691. The summed E-state index contributed by atoms with van der Waals surface area (Å²) in [6.07, 6.45) is 1.25. The molecule has 1 heterocycles. The summed E-state index contributed by atoms with van der Waals surface area (Å²) in [7, 11) is 2.24. The number of hydrogen-bond acceptors (Lipinski definition) is 5. The van der Waals surface area contributed by atoms with E-state index in [1.807, 2.05) is 0 Å². The number of hydrogen-bond donors (Lipinski definition) is 2. The van der Waals surface area contributed by atoms with Crippen LogP contribution in [0.2, 0.25) is 0 Å². The van der Waals surface area contributed by atoms with E-state index < -0.39 is 12.0 Å². The van der Waals surface area contributed by atoms with Crippen LogP contribution in [0.3, 0.4) is 0 Å². The number of aliphatic carboxylic acids is 1. The van der Waals surface area contributed by atoms with Gasteiger partial charge in [0.1, 0.15) is 6.04 Å². The molecule has 0 aromatic carbocycles. The minimum absolute atomic E-state index is 0.153. The SMILES string of the molecule is CC(CSSC(=O)S)C(=O)N1CCCC1C(=O)O. The van der Waals surface area contributed by atoms with Crippen molar-refractivity contribution in [2.75, 3.05) is 12.3 Å². The highest BCUT2D eigenvalue weighted by Crippen LogP contribution is 2.28.